The molecule has 0 aliphatic heterocycles. The second-order valence-electron chi connectivity index (χ2n) is 18.3. The summed E-state index contributed by atoms with van der Waals surface area (Å²) in [7, 11) is 0. The normalized spacial score (nSPS) is 13.9. The van der Waals surface area contributed by atoms with Crippen molar-refractivity contribution in [2.45, 2.75) is 308 Å². The van der Waals surface area contributed by atoms with Crippen molar-refractivity contribution < 1.29 is 29.7 Å². The van der Waals surface area contributed by atoms with Crippen LogP contribution in [0.4, 0.5) is 0 Å². The van der Waals surface area contributed by atoms with Crippen molar-refractivity contribution in [3.05, 3.63) is 12.2 Å². The van der Waals surface area contributed by atoms with Crippen LogP contribution in [0.25, 0.3) is 0 Å². The first-order valence-electron chi connectivity index (χ1n) is 26.1. The third kappa shape index (κ3) is 32.9. The van der Waals surface area contributed by atoms with Gasteiger partial charge in [0.25, 0.3) is 0 Å². The smallest absolute Gasteiger partial charge is 0.189 e. The summed E-state index contributed by atoms with van der Waals surface area (Å²) in [5, 5.41) is 34.1. The molecule has 0 aromatic heterocycles. The van der Waals surface area contributed by atoms with Gasteiger partial charge in [-0.2, -0.15) is 0 Å². The van der Waals surface area contributed by atoms with Crippen molar-refractivity contribution in [1.82, 2.24) is 0 Å². The Labute approximate surface area is 366 Å². The minimum Gasteiger partial charge on any atom is -0.382 e. The van der Waals surface area contributed by atoms with Crippen molar-refractivity contribution in [2.75, 3.05) is 0 Å². The minimum absolute atomic E-state index is 0.00736. The molecule has 59 heavy (non-hydrogen) atoms. The molecule has 0 radical (unpaired) electrons. The largest absolute Gasteiger partial charge is 0.382 e. The van der Waals surface area contributed by atoms with E-state index in [0.717, 1.165) is 77.0 Å². The molecule has 348 valence electrons. The Kier molecular flexibility index (Phi) is 42.3. The van der Waals surface area contributed by atoms with Gasteiger partial charge in [0.05, 0.1) is 0 Å². The number of hydrogen-bond acceptors (Lipinski definition) is 6. The number of aliphatic hydroxyl groups is 3. The van der Waals surface area contributed by atoms with Crippen molar-refractivity contribution in [3.63, 3.8) is 0 Å². The standard InChI is InChI=1S/C53H100O6/c1-4-7-10-13-16-19-22-25-26-29-31-34-37-40-43-46-49(55)52(58)53(59,50(56)47-44-41-38-35-32-28-24-21-18-15-12-9-6-3)51(57)48(54)45-42-39-36-33-30-27-23-20-17-14-11-8-5-2/h25-26,51-52,57-59H,4-24,27-47H2,1-3H3/b26-25-. The maximum atomic E-state index is 13.6. The Hall–Kier alpha value is -1.37. The first-order chi connectivity index (χ1) is 28.8. The highest BCUT2D eigenvalue weighted by molar-refractivity contribution is 6.01. The molecule has 0 fully saturated rings. The molecule has 6 heteroatoms. The van der Waals surface area contributed by atoms with Crippen LogP contribution in [0.15, 0.2) is 12.2 Å². The summed E-state index contributed by atoms with van der Waals surface area (Å²) < 4.78 is 0. The molecule has 0 aromatic carbocycles. The summed E-state index contributed by atoms with van der Waals surface area (Å²) in [6.07, 6.45) is 45.0. The predicted octanol–water partition coefficient (Wildman–Crippen LogP) is 15.1. The summed E-state index contributed by atoms with van der Waals surface area (Å²) in [6, 6.07) is 0. The first kappa shape index (κ1) is 57.6. The summed E-state index contributed by atoms with van der Waals surface area (Å²) in [6.45, 7) is 6.74. The van der Waals surface area contributed by atoms with Gasteiger partial charge in [-0.3, -0.25) is 14.4 Å². The van der Waals surface area contributed by atoms with Crippen LogP contribution < -0.4 is 0 Å². The average Bonchev–Trinajstić information content (AvgIpc) is 3.24. The molecule has 0 amide bonds. The van der Waals surface area contributed by atoms with Crippen LogP contribution in [0, 0.1) is 0 Å². The Bertz CT molecular complexity index is 977. The third-order valence-corrected chi connectivity index (χ3v) is 12.6. The molecular formula is C53H100O6. The van der Waals surface area contributed by atoms with Crippen molar-refractivity contribution in [3.8, 4) is 0 Å². The van der Waals surface area contributed by atoms with Gasteiger partial charge in [-0.25, -0.2) is 0 Å². The lowest BCUT2D eigenvalue weighted by Gasteiger charge is -2.34. The van der Waals surface area contributed by atoms with E-state index in [2.05, 4.69) is 32.9 Å². The molecule has 0 saturated heterocycles. The zero-order valence-electron chi connectivity index (χ0n) is 39.6. The van der Waals surface area contributed by atoms with E-state index in [4.69, 9.17) is 0 Å². The lowest BCUT2D eigenvalue weighted by molar-refractivity contribution is -0.181. The molecule has 0 aliphatic carbocycles. The fourth-order valence-corrected chi connectivity index (χ4v) is 8.41. The second-order valence-corrected chi connectivity index (χ2v) is 18.3. The Balaban J connectivity index is 4.79. The van der Waals surface area contributed by atoms with Crippen LogP contribution in [0.3, 0.4) is 0 Å². The van der Waals surface area contributed by atoms with E-state index in [9.17, 15) is 29.7 Å². The van der Waals surface area contributed by atoms with Crippen LogP contribution in [-0.2, 0) is 14.4 Å². The number of hydrogen-bond donors (Lipinski definition) is 3. The SMILES string of the molecule is CCCCCCCC/C=C\CCCCCCCC(=O)C(O)C(O)(C(=O)CCCCCCCCCCCCCCC)C(O)C(=O)CCCCCCCCCCCCCCC. The van der Waals surface area contributed by atoms with Gasteiger partial charge in [-0.05, 0) is 44.9 Å². The lowest BCUT2D eigenvalue weighted by Crippen LogP contribution is -2.63. The van der Waals surface area contributed by atoms with E-state index in [1.807, 2.05) is 0 Å². The van der Waals surface area contributed by atoms with Gasteiger partial charge in [0.15, 0.2) is 35.2 Å². The van der Waals surface area contributed by atoms with Crippen molar-refractivity contribution in [2.24, 2.45) is 0 Å². The van der Waals surface area contributed by atoms with E-state index < -0.39 is 35.2 Å². The maximum absolute atomic E-state index is 13.6. The van der Waals surface area contributed by atoms with Gasteiger partial charge in [0.2, 0.25) is 0 Å². The van der Waals surface area contributed by atoms with Gasteiger partial charge >= 0.3 is 0 Å². The zero-order valence-corrected chi connectivity index (χ0v) is 39.6. The number of carbonyl (C=O) groups excluding carboxylic acids is 3. The predicted molar refractivity (Wildman–Crippen MR) is 252 cm³/mol. The lowest BCUT2D eigenvalue weighted by atomic mass is 9.78. The van der Waals surface area contributed by atoms with E-state index in [1.54, 1.807) is 0 Å². The molecule has 0 aliphatic rings. The van der Waals surface area contributed by atoms with Crippen molar-refractivity contribution in [1.29, 1.82) is 0 Å². The van der Waals surface area contributed by atoms with Crippen LogP contribution in [0.2, 0.25) is 0 Å². The average molecular weight is 833 g/mol. The molecule has 3 unspecified atom stereocenters. The highest BCUT2D eigenvalue weighted by Crippen LogP contribution is 2.26. The summed E-state index contributed by atoms with van der Waals surface area (Å²) >= 11 is 0. The number of unbranched alkanes of at least 4 members (excludes halogenated alkanes) is 35. The van der Waals surface area contributed by atoms with Crippen LogP contribution in [-0.4, -0.2) is 50.5 Å². The zero-order chi connectivity index (χ0) is 43.5. The monoisotopic (exact) mass is 833 g/mol. The number of ketones is 3. The Morgan fingerprint density at radius 3 is 0.847 bits per heavy atom. The maximum Gasteiger partial charge on any atom is 0.189 e. The number of Topliss-reactive ketones (excluding diaryl/α,β-unsaturated/α-hetero) is 3. The molecule has 6 nitrogen and oxygen atoms in total. The van der Waals surface area contributed by atoms with E-state index >= 15 is 0 Å². The van der Waals surface area contributed by atoms with Gasteiger partial charge in [-0.1, -0.05) is 238 Å². The Morgan fingerprint density at radius 1 is 0.356 bits per heavy atom. The molecule has 3 atom stereocenters. The minimum atomic E-state index is -2.80. The molecular weight excluding hydrogens is 733 g/mol. The summed E-state index contributed by atoms with van der Waals surface area (Å²) in [4.78, 5) is 40.0. The highest BCUT2D eigenvalue weighted by atomic mass is 16.4. The van der Waals surface area contributed by atoms with Crippen LogP contribution >= 0.6 is 0 Å². The van der Waals surface area contributed by atoms with Gasteiger partial charge in [-0.15, -0.1) is 0 Å². The number of rotatable bonds is 48. The quantitative estimate of drug-likeness (QED) is 0.0416. The van der Waals surface area contributed by atoms with E-state index in [-0.39, 0.29) is 19.3 Å². The molecule has 0 aromatic rings. The fourth-order valence-electron chi connectivity index (χ4n) is 8.41. The van der Waals surface area contributed by atoms with Gasteiger partial charge in [0, 0.05) is 19.3 Å². The summed E-state index contributed by atoms with van der Waals surface area (Å²) in [5.41, 5.74) is -2.80. The molecule has 3 N–H and O–H groups in total. The van der Waals surface area contributed by atoms with Crippen LogP contribution in [0.5, 0.6) is 0 Å². The second kappa shape index (κ2) is 43.3. The number of allylic oxidation sites excluding steroid dienone is 2. The van der Waals surface area contributed by atoms with Crippen molar-refractivity contribution >= 4 is 17.3 Å². The summed E-state index contributed by atoms with van der Waals surface area (Å²) in [5.74, 6) is -2.13. The molecule has 0 bridgehead atoms. The number of aliphatic hydroxyl groups excluding tert-OH is 2. The fraction of sp³-hybridized carbons (Fsp3) is 0.906. The van der Waals surface area contributed by atoms with E-state index in [0.29, 0.717) is 19.3 Å². The highest BCUT2D eigenvalue weighted by Gasteiger charge is 2.53. The van der Waals surface area contributed by atoms with Crippen LogP contribution in [0.1, 0.15) is 290 Å². The van der Waals surface area contributed by atoms with E-state index in [1.165, 1.54) is 154 Å². The molecule has 0 rings (SSSR count). The topological polar surface area (TPSA) is 112 Å². The number of carbonyl (C=O) groups is 3. The van der Waals surface area contributed by atoms with Gasteiger partial charge < -0.3 is 15.3 Å². The Morgan fingerprint density at radius 2 is 0.576 bits per heavy atom. The molecule has 0 saturated carbocycles. The molecule has 0 spiro atoms. The first-order valence-corrected chi connectivity index (χ1v) is 26.1. The molecule has 0 heterocycles. The third-order valence-electron chi connectivity index (χ3n) is 12.6. The van der Waals surface area contributed by atoms with Gasteiger partial charge in [0.1, 0.15) is 0 Å².